The Labute approximate surface area is 201 Å². The van der Waals surface area contributed by atoms with Gasteiger partial charge < -0.3 is 15.0 Å². The number of anilines is 4. The molecule has 1 saturated heterocycles. The molecule has 0 unspecified atom stereocenters. The van der Waals surface area contributed by atoms with Crippen LogP contribution < -0.4 is 19.7 Å². The molecule has 35 heavy (non-hydrogen) atoms. The summed E-state index contributed by atoms with van der Waals surface area (Å²) >= 11 is 0. The summed E-state index contributed by atoms with van der Waals surface area (Å²) in [5.41, 5.74) is 1.78. The maximum Gasteiger partial charge on any atom is 0.573 e. The first kappa shape index (κ1) is 24.6. The van der Waals surface area contributed by atoms with Gasteiger partial charge in [0.25, 0.3) is 10.0 Å². The van der Waals surface area contributed by atoms with Gasteiger partial charge in [-0.05, 0) is 74.7 Å². The van der Waals surface area contributed by atoms with E-state index in [9.17, 15) is 21.6 Å². The van der Waals surface area contributed by atoms with Gasteiger partial charge in [0.05, 0.1) is 4.90 Å². The Morgan fingerprint density at radius 3 is 2.17 bits per heavy atom. The van der Waals surface area contributed by atoms with Crippen LogP contribution in [0, 0.1) is 6.92 Å². The minimum atomic E-state index is -4.85. The largest absolute Gasteiger partial charge is 0.573 e. The van der Waals surface area contributed by atoms with E-state index in [0.29, 0.717) is 11.6 Å². The van der Waals surface area contributed by atoms with E-state index in [2.05, 4.69) is 29.6 Å². The molecule has 1 aromatic heterocycles. The number of piperidine rings is 1. The third-order valence-electron chi connectivity index (χ3n) is 5.28. The molecule has 0 atom stereocenters. The number of hydrogen-bond donors (Lipinski definition) is 2. The van der Waals surface area contributed by atoms with E-state index in [1.165, 1.54) is 6.42 Å². The number of nitrogens with zero attached hydrogens (tertiary/aromatic N) is 3. The molecule has 186 valence electrons. The molecule has 0 radical (unpaired) electrons. The van der Waals surface area contributed by atoms with Crippen molar-refractivity contribution < 1.29 is 26.3 Å². The minimum absolute atomic E-state index is 0.201. The standard InChI is InChI=1S/C23H24F3N5O3S/c1-16-15-21(31-13-3-2-4-14-31)29-22(27-16)28-17-5-7-18(8-6-17)30-35(32,33)20-11-9-19(10-12-20)34-23(24,25)26/h5-12,15,30H,2-4,13-14H2,1H3,(H,27,28,29). The molecule has 1 aliphatic heterocycles. The molecule has 2 heterocycles. The van der Waals surface area contributed by atoms with E-state index in [-0.39, 0.29) is 10.6 Å². The second kappa shape index (κ2) is 9.98. The first-order valence-corrected chi connectivity index (χ1v) is 12.4. The lowest BCUT2D eigenvalue weighted by Crippen LogP contribution is -2.30. The molecule has 2 N–H and O–H groups in total. The Morgan fingerprint density at radius 2 is 1.54 bits per heavy atom. The van der Waals surface area contributed by atoms with Gasteiger partial charge in [-0.15, -0.1) is 13.2 Å². The summed E-state index contributed by atoms with van der Waals surface area (Å²) in [7, 11) is -4.01. The number of aromatic nitrogens is 2. The lowest BCUT2D eigenvalue weighted by atomic mass is 10.1. The molecule has 3 aromatic rings. The predicted molar refractivity (Wildman–Crippen MR) is 126 cm³/mol. The number of benzene rings is 2. The molecular weight excluding hydrogens is 483 g/mol. The molecular formula is C23H24F3N5O3S. The van der Waals surface area contributed by atoms with Crippen LogP contribution >= 0.6 is 0 Å². The third kappa shape index (κ3) is 6.75. The Kier molecular flexibility index (Phi) is 7.01. The van der Waals surface area contributed by atoms with Crippen molar-refractivity contribution in [1.29, 1.82) is 0 Å². The zero-order valence-corrected chi connectivity index (χ0v) is 19.7. The van der Waals surface area contributed by atoms with Crippen LogP contribution in [0.4, 0.5) is 36.3 Å². The molecule has 0 saturated carbocycles. The van der Waals surface area contributed by atoms with E-state index in [4.69, 9.17) is 0 Å². The fraction of sp³-hybridized carbons (Fsp3) is 0.304. The summed E-state index contributed by atoms with van der Waals surface area (Å²) in [6.45, 7) is 3.82. The highest BCUT2D eigenvalue weighted by Crippen LogP contribution is 2.26. The number of rotatable bonds is 7. The smallest absolute Gasteiger partial charge is 0.406 e. The van der Waals surface area contributed by atoms with Gasteiger partial charge in [-0.2, -0.15) is 4.98 Å². The van der Waals surface area contributed by atoms with Crippen molar-refractivity contribution in [2.45, 2.75) is 37.4 Å². The highest BCUT2D eigenvalue weighted by atomic mass is 32.2. The molecule has 4 rings (SSSR count). The zero-order chi connectivity index (χ0) is 25.1. The van der Waals surface area contributed by atoms with Crippen LogP contribution in [0.3, 0.4) is 0 Å². The second-order valence-electron chi connectivity index (χ2n) is 8.07. The van der Waals surface area contributed by atoms with Crippen LogP contribution in [0.2, 0.25) is 0 Å². The maximum absolute atomic E-state index is 12.6. The first-order valence-electron chi connectivity index (χ1n) is 10.9. The Bertz CT molecular complexity index is 1260. The van der Waals surface area contributed by atoms with Crippen LogP contribution in [0.5, 0.6) is 5.75 Å². The molecule has 0 aliphatic carbocycles. The van der Waals surface area contributed by atoms with Gasteiger partial charge >= 0.3 is 6.36 Å². The highest BCUT2D eigenvalue weighted by molar-refractivity contribution is 7.92. The molecule has 1 fully saturated rings. The second-order valence-corrected chi connectivity index (χ2v) is 9.75. The average Bonchev–Trinajstić information content (AvgIpc) is 2.80. The van der Waals surface area contributed by atoms with Crippen LogP contribution in [-0.4, -0.2) is 37.8 Å². The van der Waals surface area contributed by atoms with Crippen molar-refractivity contribution in [2.75, 3.05) is 28.0 Å². The molecule has 0 spiro atoms. The Hall–Kier alpha value is -3.54. The number of alkyl halides is 3. The fourth-order valence-electron chi connectivity index (χ4n) is 3.68. The van der Waals surface area contributed by atoms with Crippen molar-refractivity contribution in [3.63, 3.8) is 0 Å². The summed E-state index contributed by atoms with van der Waals surface area (Å²) in [5, 5.41) is 3.14. The number of sulfonamides is 1. The monoisotopic (exact) mass is 507 g/mol. The number of ether oxygens (including phenoxy) is 1. The van der Waals surface area contributed by atoms with Crippen molar-refractivity contribution in [2.24, 2.45) is 0 Å². The topological polar surface area (TPSA) is 96.5 Å². The van der Waals surface area contributed by atoms with E-state index in [1.807, 2.05) is 13.0 Å². The van der Waals surface area contributed by atoms with E-state index < -0.39 is 22.1 Å². The summed E-state index contributed by atoms with van der Waals surface area (Å²) in [4.78, 5) is 11.1. The lowest BCUT2D eigenvalue weighted by molar-refractivity contribution is -0.274. The van der Waals surface area contributed by atoms with Crippen molar-refractivity contribution in [3.05, 3.63) is 60.3 Å². The SMILES string of the molecule is Cc1cc(N2CCCCC2)nc(Nc2ccc(NS(=O)(=O)c3ccc(OC(F)(F)F)cc3)cc2)n1. The van der Waals surface area contributed by atoms with Crippen LogP contribution in [0.25, 0.3) is 0 Å². The van der Waals surface area contributed by atoms with Crippen LogP contribution in [0.1, 0.15) is 25.0 Å². The maximum atomic E-state index is 12.6. The van der Waals surface area contributed by atoms with E-state index >= 15 is 0 Å². The van der Waals surface area contributed by atoms with Gasteiger partial charge in [-0.1, -0.05) is 0 Å². The average molecular weight is 508 g/mol. The van der Waals surface area contributed by atoms with Gasteiger partial charge in [-0.25, -0.2) is 13.4 Å². The minimum Gasteiger partial charge on any atom is -0.406 e. The first-order chi connectivity index (χ1) is 16.6. The summed E-state index contributed by atoms with van der Waals surface area (Å²) in [5.74, 6) is 0.810. The molecule has 8 nitrogen and oxygen atoms in total. The molecule has 0 bridgehead atoms. The highest BCUT2D eigenvalue weighted by Gasteiger charge is 2.31. The van der Waals surface area contributed by atoms with Crippen molar-refractivity contribution >= 4 is 33.2 Å². The van der Waals surface area contributed by atoms with Gasteiger partial charge in [-0.3, -0.25) is 4.72 Å². The fourth-order valence-corrected chi connectivity index (χ4v) is 4.74. The summed E-state index contributed by atoms with van der Waals surface area (Å²) < 4.78 is 68.2. The third-order valence-corrected chi connectivity index (χ3v) is 6.68. The van der Waals surface area contributed by atoms with Gasteiger partial charge in [0.1, 0.15) is 11.6 Å². The molecule has 1 aliphatic rings. The number of nitrogens with one attached hydrogen (secondary N) is 2. The Balaban J connectivity index is 1.42. The van der Waals surface area contributed by atoms with Crippen molar-refractivity contribution in [3.8, 4) is 5.75 Å². The molecule has 12 heteroatoms. The predicted octanol–water partition coefficient (Wildman–Crippen LogP) is 5.22. The normalized spacial score (nSPS) is 14.5. The number of hydrogen-bond acceptors (Lipinski definition) is 7. The van der Waals surface area contributed by atoms with Crippen LogP contribution in [0.15, 0.2) is 59.5 Å². The summed E-state index contributed by atoms with van der Waals surface area (Å²) in [6.07, 6.45) is -1.37. The van der Waals surface area contributed by atoms with E-state index in [0.717, 1.165) is 61.7 Å². The van der Waals surface area contributed by atoms with Crippen LogP contribution in [-0.2, 0) is 10.0 Å². The summed E-state index contributed by atoms with van der Waals surface area (Å²) in [6, 6.07) is 12.4. The molecule has 0 amide bonds. The lowest BCUT2D eigenvalue weighted by Gasteiger charge is -2.28. The quantitative estimate of drug-likeness (QED) is 0.453. The van der Waals surface area contributed by atoms with Crippen molar-refractivity contribution in [1.82, 2.24) is 9.97 Å². The zero-order valence-electron chi connectivity index (χ0n) is 18.8. The van der Waals surface area contributed by atoms with E-state index in [1.54, 1.807) is 24.3 Å². The van der Waals surface area contributed by atoms with Gasteiger partial charge in [0, 0.05) is 36.2 Å². The Morgan fingerprint density at radius 1 is 0.914 bits per heavy atom. The van der Waals surface area contributed by atoms with Gasteiger partial charge in [0.2, 0.25) is 5.95 Å². The van der Waals surface area contributed by atoms with Gasteiger partial charge in [0.15, 0.2) is 0 Å². The number of halogens is 3. The number of aryl methyl sites for hydroxylation is 1. The molecule has 2 aromatic carbocycles.